The van der Waals surface area contributed by atoms with Gasteiger partial charge in [-0.2, -0.15) is 0 Å². The fraction of sp³-hybridized carbons (Fsp3) is 0.333. The molecule has 0 saturated carbocycles. The molecular weight excluding hydrogens is 509 g/mol. The zero-order chi connectivity index (χ0) is 28.3. The van der Waals surface area contributed by atoms with E-state index in [-0.39, 0.29) is 22.8 Å². The topological polar surface area (TPSA) is 133 Å². The van der Waals surface area contributed by atoms with Crippen molar-refractivity contribution in [2.24, 2.45) is 0 Å². The van der Waals surface area contributed by atoms with Crippen LogP contribution in [0.4, 0.5) is 9.18 Å². The number of imide groups is 1. The van der Waals surface area contributed by atoms with Gasteiger partial charge >= 0.3 is 6.03 Å². The van der Waals surface area contributed by atoms with E-state index in [9.17, 15) is 23.6 Å². The average Bonchev–Trinajstić information content (AvgIpc) is 3.55. The third kappa shape index (κ3) is 6.17. The number of methoxy groups -OCH3 is 1. The van der Waals surface area contributed by atoms with Gasteiger partial charge in [-0.25, -0.2) is 9.18 Å². The van der Waals surface area contributed by atoms with Gasteiger partial charge in [0.2, 0.25) is 0 Å². The number of amides is 5. The van der Waals surface area contributed by atoms with Crippen LogP contribution in [0.5, 0.6) is 5.75 Å². The molecular formula is C27H30FN5O6. The van der Waals surface area contributed by atoms with Gasteiger partial charge in [-0.05, 0) is 56.9 Å². The maximum absolute atomic E-state index is 14.3. The molecule has 2 aliphatic rings. The number of benzene rings is 2. The van der Waals surface area contributed by atoms with Crippen molar-refractivity contribution < 1.29 is 32.7 Å². The van der Waals surface area contributed by atoms with Crippen LogP contribution in [0.2, 0.25) is 0 Å². The summed E-state index contributed by atoms with van der Waals surface area (Å²) in [5, 5.41) is 7.65. The molecule has 0 bridgehead atoms. The summed E-state index contributed by atoms with van der Waals surface area (Å²) in [7, 11) is 7.26. The van der Waals surface area contributed by atoms with Crippen LogP contribution in [0.15, 0.2) is 40.8 Å². The Bertz CT molecular complexity index is 1440. The van der Waals surface area contributed by atoms with Gasteiger partial charge in [0.25, 0.3) is 17.7 Å². The summed E-state index contributed by atoms with van der Waals surface area (Å²) >= 11 is 0. The number of nitrogens with zero attached hydrogens (tertiary/aromatic N) is 2. The standard InChI is InChI=1S/C17H19FN4O4.C10H11NO2/c1-22(2)5-3-4-19-15(23)10-6-9-7-13(26-12(9)8-11(10)18)14-16(24)21-17(25)20-14;1-11-6-7-3-4-8(13-2)5-9(7)10(11)12/h6-8,14H,3-5H2,1-2H3,(H,19,23)(H2,20,21,24,25);3-5H,6H2,1-2H3. The lowest BCUT2D eigenvalue weighted by Gasteiger charge is -2.10. The number of nitrogens with one attached hydrogen (secondary N) is 3. The van der Waals surface area contributed by atoms with E-state index in [2.05, 4.69) is 16.0 Å². The van der Waals surface area contributed by atoms with Crippen molar-refractivity contribution in [1.82, 2.24) is 25.8 Å². The fourth-order valence-electron chi connectivity index (χ4n) is 4.26. The van der Waals surface area contributed by atoms with Crippen molar-refractivity contribution in [1.29, 1.82) is 0 Å². The number of ether oxygens (including phenoxy) is 1. The number of halogens is 1. The summed E-state index contributed by atoms with van der Waals surface area (Å²) in [6.45, 7) is 1.94. The van der Waals surface area contributed by atoms with Crippen molar-refractivity contribution in [3.8, 4) is 5.75 Å². The van der Waals surface area contributed by atoms with Crippen LogP contribution in [-0.4, -0.2) is 74.9 Å². The molecule has 3 N–H and O–H groups in total. The molecule has 2 aliphatic heterocycles. The molecule has 5 rings (SSSR count). The van der Waals surface area contributed by atoms with Gasteiger partial charge in [-0.15, -0.1) is 0 Å². The number of urea groups is 1. The third-order valence-electron chi connectivity index (χ3n) is 6.30. The molecule has 12 heteroatoms. The Labute approximate surface area is 224 Å². The van der Waals surface area contributed by atoms with Gasteiger partial charge in [-0.3, -0.25) is 19.7 Å². The predicted molar refractivity (Wildman–Crippen MR) is 140 cm³/mol. The molecule has 5 amide bonds. The molecule has 1 atom stereocenters. The van der Waals surface area contributed by atoms with Crippen LogP contribution in [0.1, 0.15) is 44.5 Å². The second-order valence-corrected chi connectivity index (χ2v) is 9.51. The van der Waals surface area contributed by atoms with Crippen molar-refractivity contribution in [3.05, 3.63) is 64.7 Å². The summed E-state index contributed by atoms with van der Waals surface area (Å²) in [6, 6.07) is 8.00. The van der Waals surface area contributed by atoms with Gasteiger partial charge in [-0.1, -0.05) is 6.07 Å². The molecule has 11 nitrogen and oxygen atoms in total. The van der Waals surface area contributed by atoms with Crippen LogP contribution in [-0.2, 0) is 11.3 Å². The Hall–Kier alpha value is -4.45. The maximum Gasteiger partial charge on any atom is 0.322 e. The van der Waals surface area contributed by atoms with Crippen LogP contribution in [0.25, 0.3) is 11.0 Å². The summed E-state index contributed by atoms with van der Waals surface area (Å²) in [5.74, 6) is -0.794. The van der Waals surface area contributed by atoms with Gasteiger partial charge in [0.1, 0.15) is 22.9 Å². The third-order valence-corrected chi connectivity index (χ3v) is 6.30. The second-order valence-electron chi connectivity index (χ2n) is 9.51. The van der Waals surface area contributed by atoms with Crippen molar-refractivity contribution in [2.75, 3.05) is 41.3 Å². The summed E-state index contributed by atoms with van der Waals surface area (Å²) < 4.78 is 24.8. The molecule has 39 heavy (non-hydrogen) atoms. The summed E-state index contributed by atoms with van der Waals surface area (Å²) in [6.07, 6.45) is 0.745. The smallest absolute Gasteiger partial charge is 0.322 e. The Morgan fingerprint density at radius 2 is 1.97 bits per heavy atom. The fourth-order valence-corrected chi connectivity index (χ4v) is 4.26. The first-order valence-corrected chi connectivity index (χ1v) is 12.3. The molecule has 1 unspecified atom stereocenters. The largest absolute Gasteiger partial charge is 0.497 e. The van der Waals surface area contributed by atoms with E-state index in [1.807, 2.05) is 31.1 Å². The van der Waals surface area contributed by atoms with E-state index in [0.717, 1.165) is 35.9 Å². The number of furan rings is 1. The van der Waals surface area contributed by atoms with Crippen LogP contribution in [0.3, 0.4) is 0 Å². The normalized spacial score (nSPS) is 16.1. The van der Waals surface area contributed by atoms with Crippen LogP contribution < -0.4 is 20.7 Å². The van der Waals surface area contributed by atoms with Gasteiger partial charge < -0.3 is 29.6 Å². The Balaban J connectivity index is 0.000000226. The predicted octanol–water partition coefficient (Wildman–Crippen LogP) is 2.41. The van der Waals surface area contributed by atoms with Crippen molar-refractivity contribution in [2.45, 2.75) is 19.0 Å². The van der Waals surface area contributed by atoms with E-state index in [4.69, 9.17) is 9.15 Å². The molecule has 3 heterocycles. The zero-order valence-electron chi connectivity index (χ0n) is 22.1. The minimum absolute atomic E-state index is 0.0777. The first-order valence-electron chi connectivity index (χ1n) is 12.3. The summed E-state index contributed by atoms with van der Waals surface area (Å²) in [4.78, 5) is 50.3. The number of rotatable bonds is 7. The minimum Gasteiger partial charge on any atom is -0.497 e. The minimum atomic E-state index is -0.971. The first kappa shape index (κ1) is 27.6. The maximum atomic E-state index is 14.3. The molecule has 1 saturated heterocycles. The molecule has 0 radical (unpaired) electrons. The van der Waals surface area contributed by atoms with Crippen LogP contribution >= 0.6 is 0 Å². The van der Waals surface area contributed by atoms with E-state index in [1.165, 1.54) is 12.1 Å². The van der Waals surface area contributed by atoms with E-state index < -0.39 is 29.7 Å². The lowest BCUT2D eigenvalue weighted by atomic mass is 10.1. The molecule has 206 valence electrons. The number of carbonyl (C=O) groups excluding carboxylic acids is 4. The molecule has 0 aliphatic carbocycles. The van der Waals surface area contributed by atoms with E-state index in [0.29, 0.717) is 18.5 Å². The monoisotopic (exact) mass is 539 g/mol. The molecule has 0 spiro atoms. The number of fused-ring (bicyclic) bond motifs is 2. The van der Waals surface area contributed by atoms with Gasteiger partial charge in [0.05, 0.1) is 12.7 Å². The molecule has 2 aromatic carbocycles. The molecule has 1 aromatic heterocycles. The average molecular weight is 540 g/mol. The molecule has 3 aromatic rings. The van der Waals surface area contributed by atoms with E-state index >= 15 is 0 Å². The summed E-state index contributed by atoms with van der Waals surface area (Å²) in [5.41, 5.74) is 1.93. The van der Waals surface area contributed by atoms with Gasteiger partial charge in [0, 0.05) is 37.2 Å². The number of hydrogen-bond donors (Lipinski definition) is 3. The molecule has 1 fully saturated rings. The lowest BCUT2D eigenvalue weighted by molar-refractivity contribution is -0.120. The van der Waals surface area contributed by atoms with Gasteiger partial charge in [0.15, 0.2) is 6.04 Å². The second kappa shape index (κ2) is 11.5. The SMILES string of the molecule is CN(C)CCCNC(=O)c1cc2cc(C3NC(=O)NC3=O)oc2cc1F.COc1ccc2c(c1)C(=O)N(C)C2. The Morgan fingerprint density at radius 3 is 2.64 bits per heavy atom. The highest BCUT2D eigenvalue weighted by molar-refractivity contribution is 6.05. The number of carbonyl (C=O) groups is 4. The van der Waals surface area contributed by atoms with E-state index in [1.54, 1.807) is 25.1 Å². The highest BCUT2D eigenvalue weighted by Crippen LogP contribution is 2.28. The zero-order valence-corrected chi connectivity index (χ0v) is 22.1. The highest BCUT2D eigenvalue weighted by atomic mass is 19.1. The van der Waals surface area contributed by atoms with Crippen LogP contribution in [0, 0.1) is 5.82 Å². The Kier molecular flexibility index (Phi) is 8.15. The Morgan fingerprint density at radius 1 is 1.21 bits per heavy atom. The van der Waals surface area contributed by atoms with Crippen molar-refractivity contribution >= 4 is 34.7 Å². The first-order chi connectivity index (χ1) is 18.6. The number of hydrogen-bond acceptors (Lipinski definition) is 7. The lowest BCUT2D eigenvalue weighted by Crippen LogP contribution is -2.27. The van der Waals surface area contributed by atoms with Crippen molar-refractivity contribution in [3.63, 3.8) is 0 Å². The highest BCUT2D eigenvalue weighted by Gasteiger charge is 2.33. The quantitative estimate of drug-likeness (QED) is 0.310.